The van der Waals surface area contributed by atoms with Crippen molar-refractivity contribution in [3.63, 3.8) is 0 Å². The van der Waals surface area contributed by atoms with Crippen LogP contribution in [0.1, 0.15) is 44.1 Å². The molecule has 0 bridgehead atoms. The van der Waals surface area contributed by atoms with E-state index in [-0.39, 0.29) is 5.78 Å². The number of carbonyl (C=O) groups is 1. The molecule has 2 atom stereocenters. The van der Waals surface area contributed by atoms with Crippen molar-refractivity contribution in [1.29, 1.82) is 0 Å². The highest BCUT2D eigenvalue weighted by Gasteiger charge is 2.47. The quantitative estimate of drug-likeness (QED) is 0.466. The summed E-state index contributed by atoms with van der Waals surface area (Å²) in [4.78, 5) is 44.5. The van der Waals surface area contributed by atoms with Gasteiger partial charge < -0.3 is 0 Å². The molecule has 0 saturated carbocycles. The molecule has 0 fully saturated rings. The summed E-state index contributed by atoms with van der Waals surface area (Å²) in [6.45, 7) is 0. The highest BCUT2D eigenvalue weighted by Crippen LogP contribution is 2.46. The van der Waals surface area contributed by atoms with Crippen LogP contribution in [0.3, 0.4) is 0 Å². The molecule has 0 radical (unpaired) electrons. The van der Waals surface area contributed by atoms with Crippen molar-refractivity contribution in [2.45, 2.75) is 12.3 Å². The first-order valence-corrected chi connectivity index (χ1v) is 11.6. The summed E-state index contributed by atoms with van der Waals surface area (Å²) in [5.41, 5.74) is 4.75. The lowest BCUT2D eigenvalue weighted by Crippen LogP contribution is -2.43. The average molecular weight is 462 g/mol. The van der Waals surface area contributed by atoms with Crippen molar-refractivity contribution >= 4 is 17.3 Å². The maximum Gasteiger partial charge on any atom is 0.332 e. The second kappa shape index (κ2) is 7.87. The van der Waals surface area contributed by atoms with Gasteiger partial charge >= 0.3 is 5.69 Å². The van der Waals surface area contributed by atoms with Gasteiger partial charge in [0.25, 0.3) is 5.56 Å². The van der Waals surface area contributed by atoms with Gasteiger partial charge in [-0.2, -0.15) is 0 Å². The Balaban J connectivity index is 1.54. The zero-order valence-electron chi connectivity index (χ0n) is 19.4. The van der Waals surface area contributed by atoms with Crippen molar-refractivity contribution in [1.82, 2.24) is 9.13 Å². The molecule has 6 rings (SSSR count). The number of aliphatic imine (C=N–C) groups is 1. The zero-order chi connectivity index (χ0) is 24.3. The molecule has 0 N–H and O–H groups in total. The minimum Gasteiger partial charge on any atom is -0.293 e. The molecule has 4 aromatic rings. The number of hydrogen-bond donors (Lipinski definition) is 0. The van der Waals surface area contributed by atoms with E-state index in [0.717, 1.165) is 27.7 Å². The van der Waals surface area contributed by atoms with E-state index < -0.39 is 23.1 Å². The monoisotopic (exact) mass is 461 g/mol. The second-order valence-electron chi connectivity index (χ2n) is 9.21. The first-order valence-electron chi connectivity index (χ1n) is 11.6. The fourth-order valence-electron chi connectivity index (χ4n) is 5.40. The summed E-state index contributed by atoms with van der Waals surface area (Å²) >= 11 is 0. The molecule has 6 heteroatoms. The highest BCUT2D eigenvalue weighted by molar-refractivity contribution is 6.30. The number of Topliss-reactive ketones (excluding diaryl/α,β-unsaturated/α-hetero) is 1. The van der Waals surface area contributed by atoms with Crippen molar-refractivity contribution in [3.8, 4) is 0 Å². The van der Waals surface area contributed by atoms with Gasteiger partial charge in [0.1, 0.15) is 5.82 Å². The van der Waals surface area contributed by atoms with Crippen molar-refractivity contribution < 1.29 is 4.79 Å². The normalized spacial score (nSPS) is 18.0. The lowest BCUT2D eigenvalue weighted by atomic mass is 9.76. The third-order valence-corrected chi connectivity index (χ3v) is 7.17. The van der Waals surface area contributed by atoms with E-state index in [4.69, 9.17) is 4.99 Å². The molecule has 0 saturated heterocycles. The van der Waals surface area contributed by atoms with E-state index in [0.29, 0.717) is 22.7 Å². The first-order chi connectivity index (χ1) is 17.0. The number of fused-ring (bicyclic) bond motifs is 4. The molecular weight excluding hydrogens is 438 g/mol. The van der Waals surface area contributed by atoms with E-state index in [1.165, 1.54) is 17.2 Å². The largest absolute Gasteiger partial charge is 0.332 e. The minimum atomic E-state index is -0.606. The van der Waals surface area contributed by atoms with E-state index >= 15 is 0 Å². The average Bonchev–Trinajstić information content (AvgIpc) is 3.18. The fourth-order valence-corrected chi connectivity index (χ4v) is 5.40. The summed E-state index contributed by atoms with van der Waals surface area (Å²) in [7, 11) is 3.09. The van der Waals surface area contributed by atoms with Gasteiger partial charge in [-0.15, -0.1) is 0 Å². The van der Waals surface area contributed by atoms with E-state index in [1.807, 2.05) is 60.7 Å². The summed E-state index contributed by atoms with van der Waals surface area (Å²) in [6.07, 6.45) is 0.791. The summed E-state index contributed by atoms with van der Waals surface area (Å²) in [5.74, 6) is -0.856. The third kappa shape index (κ3) is 3.17. The maximum atomic E-state index is 13.6. The predicted molar refractivity (Wildman–Crippen MR) is 135 cm³/mol. The number of carbonyl (C=O) groups excluding carboxylic acids is 1. The van der Waals surface area contributed by atoms with Crippen LogP contribution in [0.5, 0.6) is 0 Å². The van der Waals surface area contributed by atoms with Crippen molar-refractivity contribution in [2.75, 3.05) is 0 Å². The van der Waals surface area contributed by atoms with Crippen LogP contribution >= 0.6 is 0 Å². The highest BCUT2D eigenvalue weighted by atomic mass is 16.2. The van der Waals surface area contributed by atoms with Gasteiger partial charge in [-0.1, -0.05) is 78.9 Å². The maximum absolute atomic E-state index is 13.6. The molecule has 35 heavy (non-hydrogen) atoms. The fraction of sp³-hybridized carbons (Fsp3) is 0.172. The molecule has 3 aromatic carbocycles. The molecule has 1 aliphatic carbocycles. The van der Waals surface area contributed by atoms with Crippen LogP contribution in [0, 0.1) is 5.92 Å². The van der Waals surface area contributed by atoms with E-state index in [9.17, 15) is 14.4 Å². The number of nitrogens with zero attached hydrogens (tertiary/aromatic N) is 3. The van der Waals surface area contributed by atoms with Gasteiger partial charge in [0.05, 0.1) is 17.2 Å². The Bertz CT molecular complexity index is 1640. The molecule has 1 aliphatic heterocycles. The Hall–Kier alpha value is -4.32. The molecule has 0 amide bonds. The first kappa shape index (κ1) is 21.2. The van der Waals surface area contributed by atoms with Crippen LogP contribution in [-0.4, -0.2) is 20.6 Å². The predicted octanol–water partition coefficient (Wildman–Crippen LogP) is 3.75. The topological polar surface area (TPSA) is 73.4 Å². The number of benzene rings is 3. The molecular formula is C29H23N3O3. The van der Waals surface area contributed by atoms with Crippen molar-refractivity contribution in [3.05, 3.63) is 133 Å². The molecule has 172 valence electrons. The minimum absolute atomic E-state index is 0.0423. The Morgan fingerprint density at radius 1 is 0.714 bits per heavy atom. The van der Waals surface area contributed by atoms with Gasteiger partial charge in [-0.25, -0.2) is 9.79 Å². The molecule has 6 nitrogen and oxygen atoms in total. The number of ketones is 1. The Labute approximate surface area is 201 Å². The molecule has 0 unspecified atom stereocenters. The van der Waals surface area contributed by atoms with Crippen LogP contribution in [-0.2, 0) is 20.5 Å². The number of aromatic nitrogens is 2. The van der Waals surface area contributed by atoms with Gasteiger partial charge in [-0.3, -0.25) is 18.7 Å². The Kier molecular flexibility index (Phi) is 4.78. The van der Waals surface area contributed by atoms with E-state index in [1.54, 1.807) is 13.1 Å². The summed E-state index contributed by atoms with van der Waals surface area (Å²) < 4.78 is 2.50. The van der Waals surface area contributed by atoms with Crippen LogP contribution < -0.4 is 11.2 Å². The Morgan fingerprint density at radius 3 is 2.06 bits per heavy atom. The van der Waals surface area contributed by atoms with Crippen LogP contribution in [0.25, 0.3) is 0 Å². The number of hydrogen-bond acceptors (Lipinski definition) is 4. The summed E-state index contributed by atoms with van der Waals surface area (Å²) in [5, 5.41) is 0. The Morgan fingerprint density at radius 2 is 1.34 bits per heavy atom. The zero-order valence-corrected chi connectivity index (χ0v) is 19.4. The third-order valence-electron chi connectivity index (χ3n) is 7.17. The van der Waals surface area contributed by atoms with E-state index in [2.05, 4.69) is 12.1 Å². The van der Waals surface area contributed by atoms with Gasteiger partial charge in [0, 0.05) is 31.1 Å². The summed E-state index contributed by atoms with van der Waals surface area (Å²) in [6, 6.07) is 25.7. The van der Waals surface area contributed by atoms with Gasteiger partial charge in [0.2, 0.25) is 0 Å². The smallest absolute Gasteiger partial charge is 0.293 e. The lowest BCUT2D eigenvalue weighted by molar-refractivity contribution is 0.0953. The van der Waals surface area contributed by atoms with Crippen molar-refractivity contribution in [2.24, 2.45) is 25.0 Å². The molecule has 2 heterocycles. The molecule has 2 aliphatic rings. The van der Waals surface area contributed by atoms with Crippen LogP contribution in [0.15, 0.2) is 93.4 Å². The standard InChI is InChI=1S/C29H23N3O3/c1-31-27-24(28(34)32(2)29(31)35)22(23-25(30-27)20-10-6-7-11-21(20)26(23)33)19-14-12-18(13-15-19)16-17-8-4-3-5-9-17/h3-15,22-23H,16H2,1-2H3/t22-,23-/m0/s1. The van der Waals surface area contributed by atoms with Gasteiger partial charge in [0.15, 0.2) is 5.78 Å². The number of rotatable bonds is 3. The van der Waals surface area contributed by atoms with Crippen LogP contribution in [0.4, 0.5) is 5.82 Å². The van der Waals surface area contributed by atoms with Crippen LogP contribution in [0.2, 0.25) is 0 Å². The SMILES string of the molecule is Cn1c2c(c(=O)n(C)c1=O)[C@@H](c1ccc(Cc3ccccc3)cc1)[C@@H]1C(=O)c3ccccc3C1=N2. The molecule has 1 aromatic heterocycles. The second-order valence-corrected chi connectivity index (χ2v) is 9.21. The lowest BCUT2D eigenvalue weighted by Gasteiger charge is -2.30. The van der Waals surface area contributed by atoms with Gasteiger partial charge in [-0.05, 0) is 23.1 Å². The molecule has 0 spiro atoms.